The summed E-state index contributed by atoms with van der Waals surface area (Å²) >= 11 is 4.95. The predicted molar refractivity (Wildman–Crippen MR) is 94.6 cm³/mol. The number of amides is 1. The number of halogens is 1. The molecule has 0 spiro atoms. The van der Waals surface area contributed by atoms with Crippen LogP contribution in [0.5, 0.6) is 0 Å². The van der Waals surface area contributed by atoms with Crippen LogP contribution in [0.2, 0.25) is 0 Å². The summed E-state index contributed by atoms with van der Waals surface area (Å²) in [5.41, 5.74) is 1.94. The van der Waals surface area contributed by atoms with Crippen molar-refractivity contribution in [2.45, 2.75) is 0 Å². The van der Waals surface area contributed by atoms with Gasteiger partial charge in [0.15, 0.2) is 0 Å². The fourth-order valence-electron chi connectivity index (χ4n) is 2.16. The molecule has 0 unspecified atom stereocenters. The van der Waals surface area contributed by atoms with E-state index in [0.717, 1.165) is 25.9 Å². The highest BCUT2D eigenvalue weighted by molar-refractivity contribution is 9.10. The van der Waals surface area contributed by atoms with Crippen LogP contribution in [-0.4, -0.2) is 24.0 Å². The van der Waals surface area contributed by atoms with Crippen LogP contribution in [0.25, 0.3) is 10.9 Å². The zero-order chi connectivity index (χ0) is 15.4. The second kappa shape index (κ2) is 6.89. The molecule has 2 heterocycles. The van der Waals surface area contributed by atoms with Gasteiger partial charge >= 0.3 is 0 Å². The van der Waals surface area contributed by atoms with Crippen LogP contribution in [0, 0.1) is 0 Å². The van der Waals surface area contributed by atoms with E-state index in [2.05, 4.69) is 31.5 Å². The summed E-state index contributed by atoms with van der Waals surface area (Å²) in [5.74, 6) is -0.0286. The van der Waals surface area contributed by atoms with Crippen LogP contribution < -0.4 is 10.6 Å². The molecule has 2 N–H and O–H groups in total. The first-order valence-electron chi connectivity index (χ1n) is 6.84. The summed E-state index contributed by atoms with van der Waals surface area (Å²) in [6, 6.07) is 11.6. The Kier molecular flexibility index (Phi) is 4.70. The van der Waals surface area contributed by atoms with Gasteiger partial charge in [-0.3, -0.25) is 9.78 Å². The van der Waals surface area contributed by atoms with Crippen LogP contribution in [0.3, 0.4) is 0 Å². The second-order valence-electron chi connectivity index (χ2n) is 4.65. The molecule has 0 aliphatic rings. The molecule has 3 rings (SSSR count). The third-order valence-corrected chi connectivity index (χ3v) is 4.70. The van der Waals surface area contributed by atoms with Crippen molar-refractivity contribution in [3.05, 3.63) is 57.3 Å². The first kappa shape index (κ1) is 15.0. The number of hydrogen-bond donors (Lipinski definition) is 2. The molecule has 0 aliphatic carbocycles. The minimum atomic E-state index is -0.0286. The number of fused-ring (bicyclic) bond motifs is 1. The molecule has 0 aliphatic heterocycles. The largest absolute Gasteiger partial charge is 0.383 e. The van der Waals surface area contributed by atoms with Gasteiger partial charge in [-0.1, -0.05) is 18.2 Å². The Morgan fingerprint density at radius 3 is 2.91 bits per heavy atom. The Labute approximate surface area is 140 Å². The van der Waals surface area contributed by atoms with E-state index in [1.165, 1.54) is 11.3 Å². The van der Waals surface area contributed by atoms with E-state index >= 15 is 0 Å². The molecule has 0 radical (unpaired) electrons. The van der Waals surface area contributed by atoms with E-state index in [1.807, 2.05) is 41.8 Å². The van der Waals surface area contributed by atoms with Crippen molar-refractivity contribution in [1.82, 2.24) is 10.3 Å². The molecule has 2 aromatic heterocycles. The number of benzene rings is 1. The van der Waals surface area contributed by atoms with Gasteiger partial charge in [-0.05, 0) is 39.5 Å². The number of carbonyl (C=O) groups excluding carboxylic acids is 1. The molecule has 0 saturated carbocycles. The van der Waals surface area contributed by atoms with E-state index in [1.54, 1.807) is 6.20 Å². The maximum Gasteiger partial charge on any atom is 0.261 e. The summed E-state index contributed by atoms with van der Waals surface area (Å²) in [6.45, 7) is 1.22. The Hall–Kier alpha value is -1.92. The van der Waals surface area contributed by atoms with Crippen LogP contribution in [0.15, 0.2) is 52.4 Å². The molecule has 1 aromatic carbocycles. The number of hydrogen-bond acceptors (Lipinski definition) is 4. The van der Waals surface area contributed by atoms with Gasteiger partial charge in [-0.2, -0.15) is 0 Å². The minimum Gasteiger partial charge on any atom is -0.383 e. The summed E-state index contributed by atoms with van der Waals surface area (Å²) in [4.78, 5) is 16.9. The molecule has 3 aromatic rings. The zero-order valence-corrected chi connectivity index (χ0v) is 14.1. The van der Waals surface area contributed by atoms with Crippen molar-refractivity contribution in [3.63, 3.8) is 0 Å². The van der Waals surface area contributed by atoms with Crippen molar-refractivity contribution in [1.29, 1.82) is 0 Å². The Morgan fingerprint density at radius 1 is 1.18 bits per heavy atom. The molecule has 6 heteroatoms. The van der Waals surface area contributed by atoms with Gasteiger partial charge in [0.25, 0.3) is 5.91 Å². The Balaban J connectivity index is 1.60. The summed E-state index contributed by atoms with van der Waals surface area (Å²) in [7, 11) is 0. The second-order valence-corrected chi connectivity index (χ2v) is 6.46. The number of para-hydroxylation sites is 1. The van der Waals surface area contributed by atoms with Crippen molar-refractivity contribution in [2.24, 2.45) is 0 Å². The van der Waals surface area contributed by atoms with E-state index < -0.39 is 0 Å². The molecule has 4 nitrogen and oxygen atoms in total. The van der Waals surface area contributed by atoms with Crippen molar-refractivity contribution in [3.8, 4) is 0 Å². The molecule has 0 bridgehead atoms. The van der Waals surface area contributed by atoms with Crippen LogP contribution >= 0.6 is 27.3 Å². The molecule has 0 fully saturated rings. The van der Waals surface area contributed by atoms with E-state index in [9.17, 15) is 4.79 Å². The van der Waals surface area contributed by atoms with Crippen LogP contribution in [0.1, 0.15) is 9.67 Å². The van der Waals surface area contributed by atoms with E-state index in [-0.39, 0.29) is 5.91 Å². The number of thiophene rings is 1. The first-order chi connectivity index (χ1) is 10.8. The van der Waals surface area contributed by atoms with Crippen molar-refractivity contribution >= 4 is 49.8 Å². The van der Waals surface area contributed by atoms with Gasteiger partial charge < -0.3 is 10.6 Å². The highest BCUT2D eigenvalue weighted by Crippen LogP contribution is 2.26. The first-order valence-corrected chi connectivity index (χ1v) is 8.52. The lowest BCUT2D eigenvalue weighted by Crippen LogP contribution is -2.28. The smallest absolute Gasteiger partial charge is 0.261 e. The SMILES string of the molecule is O=C(NCCNc1ccnc2c(Br)cccc12)c1cccs1. The minimum absolute atomic E-state index is 0.0286. The number of anilines is 1. The fraction of sp³-hybridized carbons (Fsp3) is 0.125. The molecular formula is C16H14BrN3OS. The van der Waals surface area contributed by atoms with E-state index in [4.69, 9.17) is 0 Å². The number of nitrogens with one attached hydrogen (secondary N) is 2. The topological polar surface area (TPSA) is 54.0 Å². The number of carbonyl (C=O) groups is 1. The fourth-order valence-corrected chi connectivity index (χ4v) is 3.27. The summed E-state index contributed by atoms with van der Waals surface area (Å²) in [5, 5.41) is 9.20. The van der Waals surface area contributed by atoms with Gasteiger partial charge in [-0.25, -0.2) is 0 Å². The summed E-state index contributed by atoms with van der Waals surface area (Å²) < 4.78 is 0.972. The lowest BCUT2D eigenvalue weighted by molar-refractivity contribution is 0.0959. The molecule has 22 heavy (non-hydrogen) atoms. The van der Waals surface area contributed by atoms with Gasteiger partial charge in [0.1, 0.15) is 0 Å². The summed E-state index contributed by atoms with van der Waals surface area (Å²) in [6.07, 6.45) is 1.78. The lowest BCUT2D eigenvalue weighted by atomic mass is 10.2. The molecule has 0 saturated heterocycles. The number of aromatic nitrogens is 1. The number of pyridine rings is 1. The standard InChI is InChI=1S/C16H14BrN3OS/c17-12-4-1-3-11-13(6-7-19-15(11)12)18-8-9-20-16(21)14-5-2-10-22-14/h1-7,10H,8-9H2,(H,18,19)(H,20,21). The Morgan fingerprint density at radius 2 is 2.09 bits per heavy atom. The third kappa shape index (κ3) is 3.28. The molecule has 0 atom stereocenters. The predicted octanol–water partition coefficient (Wildman–Crippen LogP) is 3.90. The van der Waals surface area contributed by atoms with Gasteiger partial charge in [-0.15, -0.1) is 11.3 Å². The highest BCUT2D eigenvalue weighted by atomic mass is 79.9. The zero-order valence-electron chi connectivity index (χ0n) is 11.7. The van der Waals surface area contributed by atoms with Gasteiger partial charge in [0, 0.05) is 34.8 Å². The quantitative estimate of drug-likeness (QED) is 0.664. The van der Waals surface area contributed by atoms with Crippen molar-refractivity contribution in [2.75, 3.05) is 18.4 Å². The maximum absolute atomic E-state index is 11.8. The lowest BCUT2D eigenvalue weighted by Gasteiger charge is -2.10. The average molecular weight is 376 g/mol. The van der Waals surface area contributed by atoms with Gasteiger partial charge in [0.2, 0.25) is 0 Å². The van der Waals surface area contributed by atoms with Crippen molar-refractivity contribution < 1.29 is 4.79 Å². The molecular weight excluding hydrogens is 362 g/mol. The number of nitrogens with zero attached hydrogens (tertiary/aromatic N) is 1. The number of rotatable bonds is 5. The third-order valence-electron chi connectivity index (χ3n) is 3.19. The average Bonchev–Trinajstić information content (AvgIpc) is 3.06. The van der Waals surface area contributed by atoms with E-state index in [0.29, 0.717) is 13.1 Å². The molecule has 1 amide bonds. The maximum atomic E-state index is 11.8. The monoisotopic (exact) mass is 375 g/mol. The Bertz CT molecular complexity index is 789. The van der Waals surface area contributed by atoms with Crippen LogP contribution in [0.4, 0.5) is 5.69 Å². The highest BCUT2D eigenvalue weighted by Gasteiger charge is 2.06. The normalized spacial score (nSPS) is 10.6. The molecule has 112 valence electrons. The van der Waals surface area contributed by atoms with Crippen LogP contribution in [-0.2, 0) is 0 Å². The van der Waals surface area contributed by atoms with Gasteiger partial charge in [0.05, 0.1) is 10.4 Å².